The summed E-state index contributed by atoms with van der Waals surface area (Å²) in [5, 5.41) is 46.0. The molecule has 1 aromatic heterocycles. The number of carbonyl (C=O) groups is 5. The molecule has 1 aromatic carbocycles. The van der Waals surface area contributed by atoms with Gasteiger partial charge in [-0.2, -0.15) is 0 Å². The van der Waals surface area contributed by atoms with E-state index in [0.717, 1.165) is 5.56 Å². The molecule has 386 valence electrons. The van der Waals surface area contributed by atoms with Gasteiger partial charge in [-0.25, -0.2) is 4.79 Å². The number of rotatable bonds is 18. The van der Waals surface area contributed by atoms with Crippen LogP contribution < -0.4 is 16.4 Å². The molecule has 0 spiro atoms. The molecule has 14 atom stereocenters. The first-order chi connectivity index (χ1) is 32.5. The van der Waals surface area contributed by atoms with Crippen LogP contribution in [0.3, 0.4) is 0 Å². The molecule has 3 fully saturated rings. The van der Waals surface area contributed by atoms with Crippen LogP contribution in [0.1, 0.15) is 93.4 Å². The number of anilines is 1. The van der Waals surface area contributed by atoms with Crippen molar-refractivity contribution in [1.82, 2.24) is 35.4 Å². The van der Waals surface area contributed by atoms with E-state index in [1.165, 1.54) is 14.0 Å². The van der Waals surface area contributed by atoms with Gasteiger partial charge in [-0.15, -0.1) is 5.10 Å². The Morgan fingerprint density at radius 2 is 1.81 bits per heavy atom. The van der Waals surface area contributed by atoms with Crippen LogP contribution in [-0.2, 0) is 49.4 Å². The molecule has 0 radical (unpaired) electrons. The van der Waals surface area contributed by atoms with Gasteiger partial charge in [0.25, 0.3) is 0 Å². The summed E-state index contributed by atoms with van der Waals surface area (Å²) in [6, 6.07) is 4.16. The number of aliphatic hydroxyl groups excluding tert-OH is 1. The summed E-state index contributed by atoms with van der Waals surface area (Å²) in [4.78, 5) is 70.4. The Labute approximate surface area is 405 Å². The number of esters is 1. The van der Waals surface area contributed by atoms with Gasteiger partial charge in [0.05, 0.1) is 36.5 Å². The second kappa shape index (κ2) is 23.9. The summed E-state index contributed by atoms with van der Waals surface area (Å²) in [7, 11) is 5.25. The number of aryl methyl sites for hydroxylation is 1. The lowest BCUT2D eigenvalue weighted by Crippen LogP contribution is -2.62. The van der Waals surface area contributed by atoms with E-state index in [2.05, 4.69) is 20.9 Å². The summed E-state index contributed by atoms with van der Waals surface area (Å²) >= 11 is 0. The number of aliphatic hydroxyl groups is 1. The third kappa shape index (κ3) is 13.4. The first-order valence-electron chi connectivity index (χ1n) is 24.1. The number of Topliss-reactive ketones (excluding diaryl/α,β-unsaturated/α-hetero) is 1. The molecule has 5 rings (SSSR count). The Hall–Kier alpha value is -4.77. The predicted octanol–water partition coefficient (Wildman–Crippen LogP) is 3.17. The molecule has 3 saturated heterocycles. The van der Waals surface area contributed by atoms with E-state index in [-0.39, 0.29) is 44.0 Å². The van der Waals surface area contributed by atoms with E-state index >= 15 is 0 Å². The normalized spacial score (nSPS) is 33.2. The molecule has 2 unspecified atom stereocenters. The summed E-state index contributed by atoms with van der Waals surface area (Å²) in [6.45, 7) is 13.4. The number of aromatic nitrogens is 3. The fraction of sp³-hybridized carbons (Fsp3) is 0.729. The number of cyclic esters (lactones) is 1. The number of fused-ring (bicyclic) bond motifs is 1. The number of carboxylic acids is 2. The van der Waals surface area contributed by atoms with Crippen molar-refractivity contribution in [3.05, 3.63) is 30.5 Å². The highest BCUT2D eigenvalue weighted by Gasteiger charge is 2.59. The first-order valence-corrected chi connectivity index (χ1v) is 24.1. The maximum atomic E-state index is 14.6. The lowest BCUT2D eigenvalue weighted by molar-refractivity contribution is -0.295. The van der Waals surface area contributed by atoms with Gasteiger partial charge < -0.3 is 60.3 Å². The number of ketones is 1. The molecule has 69 heavy (non-hydrogen) atoms. The SMILES string of the molecule is CC[C@H]1OC(=O)[C@H](C)C(=O)[C@H](C)[C@@H](O[C@@H]2O[C@H](C)CC(N(C)C)C2O)[C@](C)(OC)C[C@@H](C)CN[C@H](CCN[C@H](CC(=O)O)C(=O)O)[C@H]2N(CCCCn3cc(-c4cccc(N)c4)nn3)C(=O)O[C@]12C. The average Bonchev–Trinajstić information content (AvgIpc) is 3.87. The van der Waals surface area contributed by atoms with Crippen molar-refractivity contribution in [2.24, 2.45) is 17.8 Å². The van der Waals surface area contributed by atoms with Crippen molar-refractivity contribution < 1.29 is 63.0 Å². The number of carboxylic acid groups (broad SMARTS) is 2. The zero-order valence-corrected chi connectivity index (χ0v) is 41.8. The van der Waals surface area contributed by atoms with E-state index in [4.69, 9.17) is 29.4 Å². The third-order valence-electron chi connectivity index (χ3n) is 14.2. The summed E-state index contributed by atoms with van der Waals surface area (Å²) < 4.78 is 33.4. The molecular weight excluding hydrogens is 897 g/mol. The van der Waals surface area contributed by atoms with Gasteiger partial charge in [-0.05, 0) is 111 Å². The lowest BCUT2D eigenvalue weighted by atomic mass is 9.78. The van der Waals surface area contributed by atoms with Gasteiger partial charge in [0.15, 0.2) is 17.7 Å². The number of aliphatic carboxylic acids is 2. The van der Waals surface area contributed by atoms with Gasteiger partial charge in [0, 0.05) is 49.5 Å². The van der Waals surface area contributed by atoms with E-state index in [0.29, 0.717) is 50.2 Å². The van der Waals surface area contributed by atoms with Crippen LogP contribution in [0.4, 0.5) is 10.5 Å². The summed E-state index contributed by atoms with van der Waals surface area (Å²) in [5.41, 5.74) is 5.37. The molecule has 4 heterocycles. The number of unbranched alkanes of at least 4 members (excludes halogenated alkanes) is 1. The maximum Gasteiger partial charge on any atom is 0.410 e. The minimum atomic E-state index is -1.50. The highest BCUT2D eigenvalue weighted by atomic mass is 16.7. The molecule has 0 aliphatic carbocycles. The Kier molecular flexibility index (Phi) is 19.1. The molecule has 3 aliphatic rings. The Morgan fingerprint density at radius 1 is 1.10 bits per heavy atom. The number of hydrogen-bond donors (Lipinski definition) is 6. The van der Waals surface area contributed by atoms with Crippen molar-refractivity contribution in [2.75, 3.05) is 46.6 Å². The van der Waals surface area contributed by atoms with Gasteiger partial charge in [-0.3, -0.25) is 28.8 Å². The monoisotopic (exact) mass is 973 g/mol. The second-order valence-corrected chi connectivity index (χ2v) is 19.8. The largest absolute Gasteiger partial charge is 0.481 e. The van der Waals surface area contributed by atoms with Gasteiger partial charge in [0.2, 0.25) is 0 Å². The minimum Gasteiger partial charge on any atom is -0.481 e. The van der Waals surface area contributed by atoms with Gasteiger partial charge >= 0.3 is 24.0 Å². The van der Waals surface area contributed by atoms with Crippen LogP contribution >= 0.6 is 0 Å². The van der Waals surface area contributed by atoms with Crippen molar-refractivity contribution in [2.45, 2.75) is 166 Å². The highest BCUT2D eigenvalue weighted by molar-refractivity contribution is 6.00. The van der Waals surface area contributed by atoms with E-state index in [9.17, 15) is 39.3 Å². The number of hydrogen-bond acceptors (Lipinski definition) is 17. The predicted molar refractivity (Wildman–Crippen MR) is 253 cm³/mol. The molecule has 0 bridgehead atoms. The number of nitrogens with zero attached hydrogens (tertiary/aromatic N) is 5. The van der Waals surface area contributed by atoms with Crippen molar-refractivity contribution >= 4 is 35.5 Å². The molecular formula is C48H76N8O13. The molecule has 0 saturated carbocycles. The smallest absolute Gasteiger partial charge is 0.410 e. The number of amides is 1. The Morgan fingerprint density at radius 3 is 2.45 bits per heavy atom. The summed E-state index contributed by atoms with van der Waals surface area (Å²) in [6.07, 6.45) is -1.75. The first kappa shape index (κ1) is 55.2. The zero-order chi connectivity index (χ0) is 51.0. The lowest BCUT2D eigenvalue weighted by Gasteiger charge is -2.46. The number of nitrogens with one attached hydrogen (secondary N) is 2. The van der Waals surface area contributed by atoms with E-state index in [1.807, 2.05) is 64.2 Å². The molecule has 3 aliphatic heterocycles. The Balaban J connectivity index is 1.49. The second-order valence-electron chi connectivity index (χ2n) is 19.8. The highest BCUT2D eigenvalue weighted by Crippen LogP contribution is 2.41. The number of nitrogen functional groups attached to an aromatic ring is 1. The topological polar surface area (TPSA) is 279 Å². The third-order valence-corrected chi connectivity index (χ3v) is 14.2. The van der Waals surface area contributed by atoms with Crippen LogP contribution in [0.5, 0.6) is 0 Å². The van der Waals surface area contributed by atoms with Crippen LogP contribution in [0, 0.1) is 17.8 Å². The number of nitrogens with two attached hydrogens (primary N) is 1. The molecule has 1 amide bonds. The fourth-order valence-corrected chi connectivity index (χ4v) is 10.4. The number of likely N-dealkylation sites (N-methyl/N-ethyl adjacent to an activating group) is 1. The van der Waals surface area contributed by atoms with Crippen LogP contribution in [0.15, 0.2) is 30.5 Å². The van der Waals surface area contributed by atoms with Gasteiger partial charge in [0.1, 0.15) is 29.9 Å². The maximum absolute atomic E-state index is 14.6. The van der Waals surface area contributed by atoms with Crippen molar-refractivity contribution in [1.29, 1.82) is 0 Å². The molecule has 21 nitrogen and oxygen atoms in total. The number of methoxy groups -OCH3 is 1. The average molecular weight is 973 g/mol. The standard InChI is InChI=1S/C48H76N8O13/c1-11-37-48(7)41(56(46(64)69-48)20-13-12-19-55-26-35(52-53-55)31-15-14-16-32(49)22-31)33(17-18-50-34(43(61)62)23-38(57)58)51-25-27(2)24-47(6,65-10)42(29(4)39(59)30(5)44(63)67-37)68-45-40(60)36(54(8)9)21-28(3)66-45/h14-16,22,26-30,33-34,36-37,40-42,45,50-51,60H,11-13,17-21,23-25,49H2,1-10H3,(H,57,58)(H,61,62)/t27-,28-,29+,30-,33-,34-,36?,37-,40?,41-,42-,45+,47-,48-/m1/s1. The van der Waals surface area contributed by atoms with E-state index < -0.39 is 102 Å². The van der Waals surface area contributed by atoms with Crippen molar-refractivity contribution in [3.8, 4) is 11.3 Å². The van der Waals surface area contributed by atoms with Crippen LogP contribution in [-0.4, -0.2) is 177 Å². The zero-order valence-electron chi connectivity index (χ0n) is 41.8. The minimum absolute atomic E-state index is 0.0218. The number of benzene rings is 1. The quantitative estimate of drug-likeness (QED) is 0.0542. The van der Waals surface area contributed by atoms with E-state index in [1.54, 1.807) is 36.4 Å². The molecule has 2 aromatic rings. The number of carbonyl (C=O) groups excluding carboxylic acids is 3. The fourth-order valence-electron chi connectivity index (χ4n) is 10.4. The number of ether oxygens (including phenoxy) is 5. The van der Waals surface area contributed by atoms with Crippen LogP contribution in [0.25, 0.3) is 11.3 Å². The van der Waals surface area contributed by atoms with Crippen LogP contribution in [0.2, 0.25) is 0 Å². The molecule has 21 heteroatoms. The Bertz CT molecular complexity index is 2070. The molecule has 7 N–H and O–H groups in total. The van der Waals surface area contributed by atoms with Crippen molar-refractivity contribution in [3.63, 3.8) is 0 Å². The summed E-state index contributed by atoms with van der Waals surface area (Å²) in [5.74, 6) is -6.42. The van der Waals surface area contributed by atoms with Gasteiger partial charge in [-0.1, -0.05) is 38.1 Å².